The molecule has 0 unspecified atom stereocenters. The molecule has 1 aliphatic rings. The molecular formula is C27H29N3O4S. The summed E-state index contributed by atoms with van der Waals surface area (Å²) in [6.07, 6.45) is 0. The van der Waals surface area contributed by atoms with Crippen molar-refractivity contribution >= 4 is 27.5 Å². The summed E-state index contributed by atoms with van der Waals surface area (Å²) < 4.78 is 27.9. The SMILES string of the molecule is Cc1ccc(N2C(=O)CN(S(=O)(=O)c3ccccc3)C[C@]2(C)C(=O)NCc2ccccc2)cc1C. The Morgan fingerprint density at radius 3 is 2.20 bits per heavy atom. The van der Waals surface area contributed by atoms with Gasteiger partial charge in [-0.1, -0.05) is 54.6 Å². The molecule has 0 saturated carbocycles. The van der Waals surface area contributed by atoms with E-state index in [1.54, 1.807) is 31.2 Å². The summed E-state index contributed by atoms with van der Waals surface area (Å²) >= 11 is 0. The largest absolute Gasteiger partial charge is 0.350 e. The maximum atomic E-state index is 13.7. The van der Waals surface area contributed by atoms with Crippen LogP contribution in [-0.2, 0) is 26.2 Å². The van der Waals surface area contributed by atoms with Crippen molar-refractivity contribution in [3.05, 3.63) is 95.6 Å². The van der Waals surface area contributed by atoms with Gasteiger partial charge in [0.05, 0.1) is 11.4 Å². The molecule has 4 rings (SSSR count). The van der Waals surface area contributed by atoms with E-state index in [0.717, 1.165) is 21.0 Å². The molecule has 1 heterocycles. The normalized spacial score (nSPS) is 18.9. The van der Waals surface area contributed by atoms with Crippen molar-refractivity contribution in [1.29, 1.82) is 0 Å². The van der Waals surface area contributed by atoms with Crippen LogP contribution in [-0.4, -0.2) is 43.2 Å². The first kappa shape index (κ1) is 24.6. The van der Waals surface area contributed by atoms with Crippen LogP contribution in [0.3, 0.4) is 0 Å². The van der Waals surface area contributed by atoms with Crippen LogP contribution in [0.15, 0.2) is 83.8 Å². The Morgan fingerprint density at radius 1 is 0.943 bits per heavy atom. The van der Waals surface area contributed by atoms with Gasteiger partial charge in [-0.2, -0.15) is 4.31 Å². The monoisotopic (exact) mass is 491 g/mol. The maximum Gasteiger partial charge on any atom is 0.247 e. The zero-order chi connectivity index (χ0) is 25.2. The Kier molecular flexibility index (Phi) is 6.78. The lowest BCUT2D eigenvalue weighted by Gasteiger charge is -2.46. The Balaban J connectivity index is 1.73. The van der Waals surface area contributed by atoms with Crippen LogP contribution in [0, 0.1) is 13.8 Å². The van der Waals surface area contributed by atoms with Gasteiger partial charge < -0.3 is 5.32 Å². The van der Waals surface area contributed by atoms with E-state index < -0.39 is 27.4 Å². The fourth-order valence-electron chi connectivity index (χ4n) is 4.31. The molecule has 1 saturated heterocycles. The molecule has 7 nitrogen and oxygen atoms in total. The molecule has 0 spiro atoms. The highest BCUT2D eigenvalue weighted by Crippen LogP contribution is 2.33. The van der Waals surface area contributed by atoms with Crippen molar-refractivity contribution in [3.63, 3.8) is 0 Å². The van der Waals surface area contributed by atoms with E-state index >= 15 is 0 Å². The minimum absolute atomic E-state index is 0.0828. The minimum atomic E-state index is -3.98. The average molecular weight is 492 g/mol. The van der Waals surface area contributed by atoms with Crippen LogP contribution in [0.1, 0.15) is 23.6 Å². The minimum Gasteiger partial charge on any atom is -0.350 e. The Hall–Kier alpha value is -3.49. The zero-order valence-electron chi connectivity index (χ0n) is 20.1. The second-order valence-electron chi connectivity index (χ2n) is 9.03. The van der Waals surface area contributed by atoms with Crippen molar-refractivity contribution in [2.24, 2.45) is 0 Å². The molecule has 3 aromatic rings. The van der Waals surface area contributed by atoms with E-state index in [9.17, 15) is 18.0 Å². The summed E-state index contributed by atoms with van der Waals surface area (Å²) in [5.41, 5.74) is 2.03. The Morgan fingerprint density at radius 2 is 1.57 bits per heavy atom. The van der Waals surface area contributed by atoms with Gasteiger partial charge in [0, 0.05) is 18.8 Å². The molecule has 0 radical (unpaired) electrons. The molecule has 1 N–H and O–H groups in total. The number of hydrogen-bond donors (Lipinski definition) is 1. The van der Waals surface area contributed by atoms with E-state index in [-0.39, 0.29) is 24.5 Å². The van der Waals surface area contributed by atoms with Gasteiger partial charge in [-0.3, -0.25) is 14.5 Å². The van der Waals surface area contributed by atoms with Crippen molar-refractivity contribution in [2.75, 3.05) is 18.0 Å². The summed E-state index contributed by atoms with van der Waals surface area (Å²) in [4.78, 5) is 28.7. The maximum absolute atomic E-state index is 13.7. The molecule has 1 fully saturated rings. The third-order valence-corrected chi connectivity index (χ3v) is 8.26. The van der Waals surface area contributed by atoms with Crippen molar-refractivity contribution in [2.45, 2.75) is 37.8 Å². The topological polar surface area (TPSA) is 86.8 Å². The molecule has 182 valence electrons. The summed E-state index contributed by atoms with van der Waals surface area (Å²) in [5, 5.41) is 2.91. The predicted molar refractivity (Wildman–Crippen MR) is 135 cm³/mol. The highest BCUT2D eigenvalue weighted by atomic mass is 32.2. The first-order valence-corrected chi connectivity index (χ1v) is 12.8. The number of carbonyl (C=O) groups excluding carboxylic acids is 2. The molecule has 8 heteroatoms. The number of nitrogens with zero attached hydrogens (tertiary/aromatic N) is 2. The zero-order valence-corrected chi connectivity index (χ0v) is 20.9. The summed E-state index contributed by atoms with van der Waals surface area (Å²) in [7, 11) is -3.98. The number of rotatable bonds is 6. The third kappa shape index (κ3) is 4.85. The van der Waals surface area contributed by atoms with Gasteiger partial charge in [0.25, 0.3) is 0 Å². The van der Waals surface area contributed by atoms with E-state index in [1.807, 2.05) is 56.3 Å². The molecule has 1 aliphatic heterocycles. The second kappa shape index (κ2) is 9.64. The number of benzene rings is 3. The van der Waals surface area contributed by atoms with Crippen molar-refractivity contribution in [1.82, 2.24) is 9.62 Å². The Labute approximate surface area is 206 Å². The number of piperazine rings is 1. The third-order valence-electron chi connectivity index (χ3n) is 6.45. The van der Waals surface area contributed by atoms with Gasteiger partial charge in [0.1, 0.15) is 5.54 Å². The number of hydrogen-bond acceptors (Lipinski definition) is 4. The van der Waals surface area contributed by atoms with E-state index in [2.05, 4.69) is 5.32 Å². The van der Waals surface area contributed by atoms with Crippen LogP contribution >= 0.6 is 0 Å². The van der Waals surface area contributed by atoms with Crippen molar-refractivity contribution in [3.8, 4) is 0 Å². The van der Waals surface area contributed by atoms with Gasteiger partial charge in [-0.25, -0.2) is 8.42 Å². The van der Waals surface area contributed by atoms with Crippen LogP contribution < -0.4 is 10.2 Å². The summed E-state index contributed by atoms with van der Waals surface area (Å²) in [5.74, 6) is -0.891. The number of sulfonamides is 1. The first-order chi connectivity index (χ1) is 16.6. The summed E-state index contributed by atoms with van der Waals surface area (Å²) in [6.45, 7) is 5.25. The fourth-order valence-corrected chi connectivity index (χ4v) is 5.81. The van der Waals surface area contributed by atoms with Crippen LogP contribution in [0.4, 0.5) is 5.69 Å². The molecule has 0 bridgehead atoms. The van der Waals surface area contributed by atoms with Gasteiger partial charge in [-0.05, 0) is 61.7 Å². The van der Waals surface area contributed by atoms with Gasteiger partial charge in [0.2, 0.25) is 21.8 Å². The van der Waals surface area contributed by atoms with E-state index in [0.29, 0.717) is 5.69 Å². The van der Waals surface area contributed by atoms with Crippen LogP contribution in [0.2, 0.25) is 0 Å². The molecule has 0 aliphatic carbocycles. The highest BCUT2D eigenvalue weighted by molar-refractivity contribution is 7.89. The molecule has 2 amide bonds. The molecular weight excluding hydrogens is 462 g/mol. The quantitative estimate of drug-likeness (QED) is 0.573. The second-order valence-corrected chi connectivity index (χ2v) is 11.0. The molecule has 0 aromatic heterocycles. The van der Waals surface area contributed by atoms with Crippen LogP contribution in [0.5, 0.6) is 0 Å². The fraction of sp³-hybridized carbons (Fsp3) is 0.259. The van der Waals surface area contributed by atoms with E-state index in [4.69, 9.17) is 0 Å². The lowest BCUT2D eigenvalue weighted by atomic mass is 9.93. The highest BCUT2D eigenvalue weighted by Gasteiger charge is 2.51. The van der Waals surface area contributed by atoms with Gasteiger partial charge >= 0.3 is 0 Å². The Bertz CT molecular complexity index is 1340. The number of nitrogens with one attached hydrogen (secondary N) is 1. The smallest absolute Gasteiger partial charge is 0.247 e. The molecule has 35 heavy (non-hydrogen) atoms. The molecule has 1 atom stereocenters. The average Bonchev–Trinajstić information content (AvgIpc) is 2.85. The number of aryl methyl sites for hydroxylation is 2. The number of amides is 2. The lowest BCUT2D eigenvalue weighted by molar-refractivity contribution is -0.133. The van der Waals surface area contributed by atoms with Crippen molar-refractivity contribution < 1.29 is 18.0 Å². The van der Waals surface area contributed by atoms with Gasteiger partial charge in [0.15, 0.2) is 0 Å². The first-order valence-electron chi connectivity index (χ1n) is 11.4. The summed E-state index contributed by atoms with van der Waals surface area (Å²) in [6, 6.07) is 22.9. The van der Waals surface area contributed by atoms with E-state index in [1.165, 1.54) is 17.0 Å². The van der Waals surface area contributed by atoms with Gasteiger partial charge in [-0.15, -0.1) is 0 Å². The lowest BCUT2D eigenvalue weighted by Crippen LogP contribution is -2.70. The standard InChI is InChI=1S/C27H29N3O4S/c1-20-14-15-23(16-21(20)2)30-25(31)18-29(35(33,34)24-12-8-5-9-13-24)19-27(30,3)26(32)28-17-22-10-6-4-7-11-22/h4-16H,17-19H2,1-3H3,(H,28,32)/t27-/m1/s1. The predicted octanol–water partition coefficient (Wildman–Crippen LogP) is 3.42. The molecule has 3 aromatic carbocycles. The number of anilines is 1. The number of carbonyl (C=O) groups is 2. The van der Waals surface area contributed by atoms with Crippen LogP contribution in [0.25, 0.3) is 0 Å².